The van der Waals surface area contributed by atoms with Gasteiger partial charge in [-0.2, -0.15) is 0 Å². The Labute approximate surface area is 189 Å². The first kappa shape index (κ1) is 24.7. The van der Waals surface area contributed by atoms with Crippen LogP contribution in [0, 0.1) is 0 Å². The zero-order valence-electron chi connectivity index (χ0n) is 17.4. The van der Waals surface area contributed by atoms with E-state index in [1.54, 1.807) is 32.4 Å². The number of rotatable bonds is 9. The van der Waals surface area contributed by atoms with Gasteiger partial charge in [0.05, 0.1) is 20.2 Å². The molecule has 2 rings (SSSR count). The van der Waals surface area contributed by atoms with Gasteiger partial charge in [-0.25, -0.2) is 4.99 Å². The van der Waals surface area contributed by atoms with Crippen LogP contribution in [0.25, 0.3) is 0 Å². The number of guanidine groups is 1. The number of hydrogen-bond acceptors (Lipinski definition) is 5. The Bertz CT molecular complexity index is 775. The Kier molecular flexibility index (Phi) is 11.0. The molecule has 1 aromatic carbocycles. The van der Waals surface area contributed by atoms with E-state index in [0.717, 1.165) is 23.6 Å². The van der Waals surface area contributed by atoms with Crippen molar-refractivity contribution in [3.8, 4) is 5.75 Å². The van der Waals surface area contributed by atoms with E-state index < -0.39 is 0 Å². The summed E-state index contributed by atoms with van der Waals surface area (Å²) in [4.78, 5) is 18.0. The third-order valence-electron chi connectivity index (χ3n) is 4.14. The van der Waals surface area contributed by atoms with Gasteiger partial charge in [-0.05, 0) is 17.7 Å². The van der Waals surface area contributed by atoms with Crippen LogP contribution < -0.4 is 15.4 Å². The fraction of sp³-hybridized carbons (Fsp3) is 0.474. The van der Waals surface area contributed by atoms with Gasteiger partial charge in [0.1, 0.15) is 17.9 Å². The first-order valence-electron chi connectivity index (χ1n) is 9.25. The number of aryl methyl sites for hydroxylation is 1. The monoisotopic (exact) mass is 515 g/mol. The third-order valence-corrected chi connectivity index (χ3v) is 4.14. The van der Waals surface area contributed by atoms with Gasteiger partial charge < -0.3 is 24.8 Å². The maximum Gasteiger partial charge on any atom is 0.241 e. The molecular weight excluding hydrogens is 485 g/mol. The van der Waals surface area contributed by atoms with E-state index in [4.69, 9.17) is 4.74 Å². The Morgan fingerprint density at radius 3 is 2.59 bits per heavy atom. The molecule has 2 N–H and O–H groups in total. The Morgan fingerprint density at radius 2 is 1.97 bits per heavy atom. The fourth-order valence-electron chi connectivity index (χ4n) is 2.43. The van der Waals surface area contributed by atoms with Gasteiger partial charge in [0.25, 0.3) is 0 Å². The molecule has 0 spiro atoms. The highest BCUT2D eigenvalue weighted by molar-refractivity contribution is 14.0. The lowest BCUT2D eigenvalue weighted by atomic mass is 10.2. The van der Waals surface area contributed by atoms with E-state index in [1.807, 2.05) is 35.8 Å². The minimum absolute atomic E-state index is 0. The van der Waals surface area contributed by atoms with E-state index in [2.05, 4.69) is 25.8 Å². The second-order valence-electron chi connectivity index (χ2n) is 6.38. The molecular formula is C19H30IN7O2. The molecule has 1 heterocycles. The molecule has 1 amide bonds. The molecule has 0 unspecified atom stereocenters. The minimum Gasteiger partial charge on any atom is -0.497 e. The number of ether oxygens (including phenoxy) is 1. The molecule has 0 saturated heterocycles. The fourth-order valence-corrected chi connectivity index (χ4v) is 2.43. The summed E-state index contributed by atoms with van der Waals surface area (Å²) in [7, 11) is 5.09. The SMILES string of the molecule is CCc1nncn1CCNC(=NCc1ccc(OC)cc1)NCC(=O)N(C)C.I. The first-order valence-corrected chi connectivity index (χ1v) is 9.25. The highest BCUT2D eigenvalue weighted by Crippen LogP contribution is 2.11. The minimum atomic E-state index is -0.0222. The van der Waals surface area contributed by atoms with Crippen LogP contribution >= 0.6 is 24.0 Å². The molecule has 0 aliphatic carbocycles. The van der Waals surface area contributed by atoms with Crippen molar-refractivity contribution in [1.82, 2.24) is 30.3 Å². The molecule has 0 fully saturated rings. The number of methoxy groups -OCH3 is 1. The predicted molar refractivity (Wildman–Crippen MR) is 124 cm³/mol. The summed E-state index contributed by atoms with van der Waals surface area (Å²) in [6.07, 6.45) is 2.55. The lowest BCUT2D eigenvalue weighted by Gasteiger charge is -2.15. The molecule has 9 nitrogen and oxygen atoms in total. The van der Waals surface area contributed by atoms with Crippen molar-refractivity contribution in [2.75, 3.05) is 34.3 Å². The van der Waals surface area contributed by atoms with Crippen molar-refractivity contribution in [1.29, 1.82) is 0 Å². The number of nitrogens with zero attached hydrogens (tertiary/aromatic N) is 5. The highest BCUT2D eigenvalue weighted by atomic mass is 127. The second kappa shape index (κ2) is 13.0. The molecule has 0 radical (unpaired) electrons. The average Bonchev–Trinajstić information content (AvgIpc) is 3.17. The number of carbonyl (C=O) groups excluding carboxylic acids is 1. The van der Waals surface area contributed by atoms with Crippen molar-refractivity contribution in [2.45, 2.75) is 26.4 Å². The number of amides is 1. The van der Waals surface area contributed by atoms with E-state index in [1.165, 1.54) is 0 Å². The van der Waals surface area contributed by atoms with Crippen LogP contribution in [0.15, 0.2) is 35.6 Å². The van der Waals surface area contributed by atoms with Crippen LogP contribution in [0.4, 0.5) is 0 Å². The molecule has 160 valence electrons. The summed E-state index contributed by atoms with van der Waals surface area (Å²) in [5, 5.41) is 14.4. The number of carbonyl (C=O) groups is 1. The highest BCUT2D eigenvalue weighted by Gasteiger charge is 2.07. The number of hydrogen-bond donors (Lipinski definition) is 2. The largest absolute Gasteiger partial charge is 0.497 e. The molecule has 0 atom stereocenters. The van der Waals surface area contributed by atoms with Crippen molar-refractivity contribution >= 4 is 35.8 Å². The maximum atomic E-state index is 11.9. The van der Waals surface area contributed by atoms with Gasteiger partial charge in [-0.15, -0.1) is 34.2 Å². The quantitative estimate of drug-likeness (QED) is 0.297. The Hall–Kier alpha value is -2.37. The maximum absolute atomic E-state index is 11.9. The Morgan fingerprint density at radius 1 is 1.24 bits per heavy atom. The standard InChI is InChI=1S/C19H29N7O2.HI/c1-5-17-24-23-14-26(17)11-10-20-19(22-13-18(27)25(2)3)21-12-15-6-8-16(28-4)9-7-15;/h6-9,14H,5,10-13H2,1-4H3,(H2,20,21,22);1H. The smallest absolute Gasteiger partial charge is 0.241 e. The van der Waals surface area contributed by atoms with E-state index in [0.29, 0.717) is 25.6 Å². The van der Waals surface area contributed by atoms with Crippen LogP contribution in [0.2, 0.25) is 0 Å². The van der Waals surface area contributed by atoms with E-state index in [-0.39, 0.29) is 36.4 Å². The topological polar surface area (TPSA) is 96.7 Å². The summed E-state index contributed by atoms with van der Waals surface area (Å²) in [5.74, 6) is 2.30. The van der Waals surface area contributed by atoms with Gasteiger partial charge in [-0.1, -0.05) is 19.1 Å². The number of likely N-dealkylation sites (N-methyl/N-ethyl adjacent to an activating group) is 1. The van der Waals surface area contributed by atoms with E-state index in [9.17, 15) is 4.79 Å². The van der Waals surface area contributed by atoms with Crippen LogP contribution in [-0.2, 0) is 24.3 Å². The summed E-state index contributed by atoms with van der Waals surface area (Å²) in [6.45, 7) is 4.05. The van der Waals surface area contributed by atoms with Gasteiger partial charge in [-0.3, -0.25) is 4.79 Å². The average molecular weight is 515 g/mol. The number of aliphatic imine (C=N–C) groups is 1. The molecule has 1 aromatic heterocycles. The molecule has 29 heavy (non-hydrogen) atoms. The van der Waals surface area contributed by atoms with E-state index >= 15 is 0 Å². The second-order valence-corrected chi connectivity index (χ2v) is 6.38. The van der Waals surface area contributed by atoms with Crippen LogP contribution in [0.3, 0.4) is 0 Å². The summed E-state index contributed by atoms with van der Waals surface area (Å²) < 4.78 is 7.17. The molecule has 0 aliphatic rings. The predicted octanol–water partition coefficient (Wildman–Crippen LogP) is 1.29. The van der Waals surface area contributed by atoms with Crippen molar-refractivity contribution in [2.24, 2.45) is 4.99 Å². The zero-order valence-corrected chi connectivity index (χ0v) is 19.7. The number of halogens is 1. The molecule has 2 aromatic rings. The van der Waals surface area contributed by atoms with Crippen molar-refractivity contribution < 1.29 is 9.53 Å². The third kappa shape index (κ3) is 8.26. The number of aromatic nitrogens is 3. The summed E-state index contributed by atoms with van der Waals surface area (Å²) >= 11 is 0. The van der Waals surface area contributed by atoms with Crippen LogP contribution in [0.1, 0.15) is 18.3 Å². The van der Waals surface area contributed by atoms with Gasteiger partial charge >= 0.3 is 0 Å². The molecule has 0 bridgehead atoms. The van der Waals surface area contributed by atoms with Gasteiger partial charge in [0.15, 0.2) is 5.96 Å². The molecule has 10 heteroatoms. The number of nitrogens with one attached hydrogen (secondary N) is 2. The van der Waals surface area contributed by atoms with Crippen LogP contribution in [-0.4, -0.2) is 65.8 Å². The number of benzene rings is 1. The summed E-state index contributed by atoms with van der Waals surface area (Å²) in [5.41, 5.74) is 1.05. The normalized spacial score (nSPS) is 10.8. The van der Waals surface area contributed by atoms with Crippen molar-refractivity contribution in [3.05, 3.63) is 42.0 Å². The van der Waals surface area contributed by atoms with Gasteiger partial charge in [0, 0.05) is 33.6 Å². The van der Waals surface area contributed by atoms with Crippen LogP contribution in [0.5, 0.6) is 5.75 Å². The molecule has 0 aliphatic heterocycles. The summed E-state index contributed by atoms with van der Waals surface area (Å²) in [6, 6.07) is 7.74. The lowest BCUT2D eigenvalue weighted by Crippen LogP contribution is -2.43. The first-order chi connectivity index (χ1) is 13.5. The Balaban J connectivity index is 0.00000420. The van der Waals surface area contributed by atoms with Crippen molar-refractivity contribution in [3.63, 3.8) is 0 Å². The lowest BCUT2D eigenvalue weighted by molar-refractivity contribution is -0.127. The van der Waals surface area contributed by atoms with Gasteiger partial charge in [0.2, 0.25) is 5.91 Å². The molecule has 0 saturated carbocycles. The zero-order chi connectivity index (χ0) is 20.4.